The number of rotatable bonds is 4. The van der Waals surface area contributed by atoms with E-state index in [0.717, 1.165) is 25.9 Å². The largest absolute Gasteiger partial charge is 0.319 e. The van der Waals surface area contributed by atoms with Gasteiger partial charge in [-0.15, -0.1) is 0 Å². The predicted octanol–water partition coefficient (Wildman–Crippen LogP) is 1.64. The summed E-state index contributed by atoms with van der Waals surface area (Å²) in [5.74, 6) is 0.452. The topological polar surface area (TPSA) is 89.7 Å². The zero-order chi connectivity index (χ0) is 17.1. The highest BCUT2D eigenvalue weighted by Crippen LogP contribution is 2.16. The van der Waals surface area contributed by atoms with Crippen molar-refractivity contribution in [3.05, 3.63) is 54.7 Å². The van der Waals surface area contributed by atoms with E-state index in [1.165, 1.54) is 0 Å². The molecule has 1 fully saturated rings. The maximum atomic E-state index is 12.4. The van der Waals surface area contributed by atoms with Crippen molar-refractivity contribution >= 4 is 11.6 Å². The maximum Gasteiger partial charge on any atom is 0.276 e. The Hall–Kier alpha value is -3.00. The number of aromatic nitrogens is 5. The van der Waals surface area contributed by atoms with Crippen molar-refractivity contribution in [2.45, 2.75) is 18.9 Å². The van der Waals surface area contributed by atoms with Crippen molar-refractivity contribution in [2.75, 3.05) is 18.4 Å². The van der Waals surface area contributed by atoms with E-state index < -0.39 is 0 Å². The van der Waals surface area contributed by atoms with Gasteiger partial charge in [0.15, 0.2) is 11.5 Å². The number of hydrogen-bond acceptors (Lipinski definition) is 5. The van der Waals surface area contributed by atoms with E-state index in [0.29, 0.717) is 23.2 Å². The van der Waals surface area contributed by atoms with Crippen LogP contribution in [0.4, 0.5) is 5.69 Å². The van der Waals surface area contributed by atoms with E-state index in [1.807, 2.05) is 23.1 Å². The monoisotopic (exact) mass is 337 g/mol. The second-order valence-electron chi connectivity index (χ2n) is 5.99. The van der Waals surface area contributed by atoms with Crippen molar-refractivity contribution in [3.63, 3.8) is 0 Å². The molecule has 128 valence electrons. The highest BCUT2D eigenvalue weighted by Gasteiger charge is 2.17. The molecule has 3 aromatic rings. The second-order valence-corrected chi connectivity index (χ2v) is 5.99. The summed E-state index contributed by atoms with van der Waals surface area (Å²) in [6.07, 6.45) is 9.18. The molecule has 1 aliphatic rings. The fourth-order valence-corrected chi connectivity index (χ4v) is 2.92. The minimum Gasteiger partial charge on any atom is -0.319 e. The Bertz CT molecular complexity index is 832. The first-order valence-electron chi connectivity index (χ1n) is 8.33. The average molecular weight is 337 g/mol. The molecule has 8 nitrogen and oxygen atoms in total. The first-order valence-corrected chi connectivity index (χ1v) is 8.33. The van der Waals surface area contributed by atoms with Crippen LogP contribution in [0.1, 0.15) is 29.4 Å². The first kappa shape index (κ1) is 15.5. The lowest BCUT2D eigenvalue weighted by Gasteiger charge is -2.22. The number of nitrogens with one attached hydrogen (secondary N) is 2. The summed E-state index contributed by atoms with van der Waals surface area (Å²) in [5, 5.41) is 14.7. The van der Waals surface area contributed by atoms with Gasteiger partial charge in [0.25, 0.3) is 5.91 Å². The molecule has 4 rings (SSSR count). The summed E-state index contributed by atoms with van der Waals surface area (Å²) in [6.45, 7) is 1.94. The van der Waals surface area contributed by atoms with Crippen LogP contribution in [0.5, 0.6) is 0 Å². The van der Waals surface area contributed by atoms with Gasteiger partial charge in [0.2, 0.25) is 0 Å². The van der Waals surface area contributed by atoms with Crippen LogP contribution in [-0.4, -0.2) is 43.5 Å². The van der Waals surface area contributed by atoms with E-state index in [4.69, 9.17) is 0 Å². The van der Waals surface area contributed by atoms with Crippen molar-refractivity contribution in [1.29, 1.82) is 0 Å². The molecule has 4 heterocycles. The van der Waals surface area contributed by atoms with Crippen LogP contribution in [-0.2, 0) is 0 Å². The second kappa shape index (κ2) is 6.86. The molecular formula is C17H19N7O. The summed E-state index contributed by atoms with van der Waals surface area (Å²) in [7, 11) is 0. The summed E-state index contributed by atoms with van der Waals surface area (Å²) >= 11 is 0. The Labute approximate surface area is 144 Å². The van der Waals surface area contributed by atoms with Gasteiger partial charge >= 0.3 is 0 Å². The third kappa shape index (κ3) is 3.43. The molecule has 2 N–H and O–H groups in total. The van der Waals surface area contributed by atoms with Gasteiger partial charge in [-0.05, 0) is 43.7 Å². The van der Waals surface area contributed by atoms with Crippen molar-refractivity contribution in [2.24, 2.45) is 0 Å². The van der Waals surface area contributed by atoms with Crippen LogP contribution in [0.15, 0.2) is 49.1 Å². The van der Waals surface area contributed by atoms with Crippen LogP contribution < -0.4 is 10.6 Å². The highest BCUT2D eigenvalue weighted by molar-refractivity contribution is 6.02. The average Bonchev–Trinajstić information content (AvgIpc) is 3.35. The molecule has 0 aliphatic carbocycles. The molecular weight excluding hydrogens is 318 g/mol. The van der Waals surface area contributed by atoms with E-state index in [1.54, 1.807) is 35.3 Å². The van der Waals surface area contributed by atoms with Crippen LogP contribution in [0.3, 0.4) is 0 Å². The molecule has 1 unspecified atom stereocenters. The molecule has 8 heteroatoms. The normalized spacial score (nSPS) is 17.4. The van der Waals surface area contributed by atoms with E-state index in [9.17, 15) is 4.79 Å². The van der Waals surface area contributed by atoms with Gasteiger partial charge in [0, 0.05) is 25.1 Å². The molecule has 1 aliphatic heterocycles. The van der Waals surface area contributed by atoms with Gasteiger partial charge in [-0.25, -0.2) is 9.67 Å². The standard InChI is InChI=1S/C17H19N7O/c25-17(15-6-10-23(22-15)14-3-1-7-18-12-14)21-13-4-5-16(19-11-13)24-9-2-8-20-24/h2,4-6,8-11,14,18H,1,3,7,12H2,(H,21,25). The highest BCUT2D eigenvalue weighted by atomic mass is 16.2. The Morgan fingerprint density at radius 2 is 2.24 bits per heavy atom. The summed E-state index contributed by atoms with van der Waals surface area (Å²) in [4.78, 5) is 16.7. The molecule has 0 aromatic carbocycles. The molecule has 0 bridgehead atoms. The molecule has 3 aromatic heterocycles. The molecule has 25 heavy (non-hydrogen) atoms. The Morgan fingerprint density at radius 3 is 2.96 bits per heavy atom. The van der Waals surface area contributed by atoms with E-state index >= 15 is 0 Å². The van der Waals surface area contributed by atoms with Gasteiger partial charge in [-0.3, -0.25) is 9.48 Å². The molecule has 1 atom stereocenters. The van der Waals surface area contributed by atoms with Gasteiger partial charge in [-0.1, -0.05) is 0 Å². The lowest BCUT2D eigenvalue weighted by Crippen LogP contribution is -2.32. The van der Waals surface area contributed by atoms with Crippen molar-refractivity contribution < 1.29 is 4.79 Å². The smallest absolute Gasteiger partial charge is 0.276 e. The van der Waals surface area contributed by atoms with Gasteiger partial charge in [0.05, 0.1) is 17.9 Å². The van der Waals surface area contributed by atoms with Crippen molar-refractivity contribution in [1.82, 2.24) is 29.9 Å². The number of nitrogens with zero attached hydrogens (tertiary/aromatic N) is 5. The third-order valence-electron chi connectivity index (χ3n) is 4.23. The van der Waals surface area contributed by atoms with Crippen LogP contribution in [0.2, 0.25) is 0 Å². The van der Waals surface area contributed by atoms with Crippen LogP contribution >= 0.6 is 0 Å². The number of amides is 1. The molecule has 1 saturated heterocycles. The SMILES string of the molecule is O=C(Nc1ccc(-n2cccn2)nc1)c1ccn(C2CCCNC2)n1. The molecule has 0 saturated carbocycles. The molecule has 0 radical (unpaired) electrons. The minimum absolute atomic E-state index is 0.240. The molecule has 1 amide bonds. The summed E-state index contributed by atoms with van der Waals surface area (Å²) < 4.78 is 3.53. The lowest BCUT2D eigenvalue weighted by molar-refractivity contribution is 0.102. The van der Waals surface area contributed by atoms with Gasteiger partial charge in [0.1, 0.15) is 0 Å². The van der Waals surface area contributed by atoms with Crippen molar-refractivity contribution in [3.8, 4) is 5.82 Å². The fourth-order valence-electron chi connectivity index (χ4n) is 2.92. The zero-order valence-electron chi connectivity index (χ0n) is 13.7. The Morgan fingerprint density at radius 1 is 1.28 bits per heavy atom. The van der Waals surface area contributed by atoms with Gasteiger partial charge < -0.3 is 10.6 Å². The number of hydrogen-bond donors (Lipinski definition) is 2. The van der Waals surface area contributed by atoms with E-state index in [-0.39, 0.29) is 5.91 Å². The van der Waals surface area contributed by atoms with Crippen LogP contribution in [0.25, 0.3) is 5.82 Å². The first-order chi connectivity index (χ1) is 12.3. The lowest BCUT2D eigenvalue weighted by atomic mass is 10.1. The number of carbonyl (C=O) groups is 1. The molecule has 0 spiro atoms. The Kier molecular flexibility index (Phi) is 4.26. The Balaban J connectivity index is 1.42. The maximum absolute atomic E-state index is 12.4. The number of carbonyl (C=O) groups excluding carboxylic acids is 1. The fraction of sp³-hybridized carbons (Fsp3) is 0.294. The number of anilines is 1. The van der Waals surface area contributed by atoms with Gasteiger partial charge in [-0.2, -0.15) is 10.2 Å². The zero-order valence-corrected chi connectivity index (χ0v) is 13.7. The van der Waals surface area contributed by atoms with Crippen LogP contribution in [0, 0.1) is 0 Å². The quantitative estimate of drug-likeness (QED) is 0.755. The van der Waals surface area contributed by atoms with E-state index in [2.05, 4.69) is 25.8 Å². The summed E-state index contributed by atoms with van der Waals surface area (Å²) in [6, 6.07) is 7.48. The number of piperidine rings is 1. The summed E-state index contributed by atoms with van der Waals surface area (Å²) in [5.41, 5.74) is 1.02. The minimum atomic E-state index is -0.240. The number of pyridine rings is 1. The third-order valence-corrected chi connectivity index (χ3v) is 4.23. The predicted molar refractivity (Wildman–Crippen MR) is 92.7 cm³/mol.